The van der Waals surface area contributed by atoms with Crippen LogP contribution in [-0.4, -0.2) is 32.6 Å². The number of ether oxygens (including phenoxy) is 1. The maximum atomic E-state index is 10.8. The third-order valence-electron chi connectivity index (χ3n) is 3.17. The van der Waals surface area contributed by atoms with E-state index in [1.165, 1.54) is 12.1 Å². The number of nitro benzene ring substituents is 1. The summed E-state index contributed by atoms with van der Waals surface area (Å²) in [5.41, 5.74) is 1.94. The van der Waals surface area contributed by atoms with Crippen LogP contribution in [0.4, 0.5) is 5.69 Å². The first kappa shape index (κ1) is 14.5. The smallest absolute Gasteiger partial charge is 0.341 e. The van der Waals surface area contributed by atoms with Gasteiger partial charge in [0.25, 0.3) is 5.69 Å². The van der Waals surface area contributed by atoms with Crippen LogP contribution in [0.3, 0.4) is 0 Å². The van der Waals surface area contributed by atoms with Crippen LogP contribution in [0.1, 0.15) is 0 Å². The first-order valence-corrected chi connectivity index (χ1v) is 6.62. The Morgan fingerprint density at radius 3 is 2.65 bits per heavy atom. The Balaban J connectivity index is 1.87. The highest BCUT2D eigenvalue weighted by molar-refractivity contribution is 5.81. The molecule has 0 bridgehead atoms. The molecule has 0 amide bonds. The predicted octanol–water partition coefficient (Wildman–Crippen LogP) is 2.60. The topological polar surface area (TPSA) is 118 Å². The number of carboxylic acid groups (broad SMARTS) is 1. The van der Waals surface area contributed by atoms with Crippen LogP contribution < -0.4 is 4.74 Å². The third kappa shape index (κ3) is 3.10. The Hall–Kier alpha value is -3.42. The number of benzene rings is 2. The molecule has 0 fully saturated rings. The van der Waals surface area contributed by atoms with Crippen LogP contribution in [0.5, 0.6) is 5.75 Å². The number of hydrogen-bond acceptors (Lipinski definition) is 5. The molecule has 1 aromatic heterocycles. The number of carbonyl (C=O) groups is 1. The Labute approximate surface area is 129 Å². The highest BCUT2D eigenvalue weighted by atomic mass is 16.6. The molecular formula is C15H11N3O5. The van der Waals surface area contributed by atoms with E-state index >= 15 is 0 Å². The Kier molecular flexibility index (Phi) is 3.63. The molecular weight excluding hydrogens is 302 g/mol. The number of hydrogen-bond donors (Lipinski definition) is 2. The lowest BCUT2D eigenvalue weighted by Crippen LogP contribution is -2.09. The summed E-state index contributed by atoms with van der Waals surface area (Å²) in [6.45, 7) is -0.409. The Bertz CT molecular complexity index is 886. The molecule has 23 heavy (non-hydrogen) atoms. The highest BCUT2D eigenvalue weighted by Crippen LogP contribution is 2.25. The standard InChI is InChI=1S/C15H11N3O5/c19-14(20)8-23-11-4-1-9(2-5-11)15-16-12-6-3-10(18(21)22)7-13(12)17-15/h1-7H,8H2,(H,16,17)(H,19,20). The number of non-ortho nitro benzene ring substituents is 1. The van der Waals surface area contributed by atoms with Crippen molar-refractivity contribution in [2.45, 2.75) is 0 Å². The van der Waals surface area contributed by atoms with Gasteiger partial charge >= 0.3 is 5.97 Å². The Morgan fingerprint density at radius 2 is 2.00 bits per heavy atom. The van der Waals surface area contributed by atoms with Gasteiger partial charge in [0, 0.05) is 17.7 Å². The number of nitrogens with zero attached hydrogens (tertiary/aromatic N) is 2. The molecule has 8 heteroatoms. The molecule has 3 aromatic rings. The normalized spacial score (nSPS) is 10.6. The molecule has 0 aliphatic heterocycles. The lowest BCUT2D eigenvalue weighted by atomic mass is 10.2. The second kappa shape index (κ2) is 5.76. The molecule has 0 spiro atoms. The predicted molar refractivity (Wildman–Crippen MR) is 81.3 cm³/mol. The van der Waals surface area contributed by atoms with Crippen molar-refractivity contribution in [3.8, 4) is 17.1 Å². The molecule has 2 aromatic carbocycles. The van der Waals surface area contributed by atoms with E-state index in [-0.39, 0.29) is 5.69 Å². The fourth-order valence-electron chi connectivity index (χ4n) is 2.10. The van der Waals surface area contributed by atoms with E-state index in [9.17, 15) is 14.9 Å². The summed E-state index contributed by atoms with van der Waals surface area (Å²) in [4.78, 5) is 28.2. The molecule has 0 aliphatic rings. The number of carboxylic acids is 1. The lowest BCUT2D eigenvalue weighted by molar-refractivity contribution is -0.384. The minimum atomic E-state index is -1.05. The number of rotatable bonds is 5. The van der Waals surface area contributed by atoms with E-state index in [4.69, 9.17) is 9.84 Å². The van der Waals surface area contributed by atoms with Crippen LogP contribution in [0.25, 0.3) is 22.4 Å². The maximum absolute atomic E-state index is 10.8. The average molecular weight is 313 g/mol. The molecule has 0 atom stereocenters. The third-order valence-corrected chi connectivity index (χ3v) is 3.17. The molecule has 1 heterocycles. The molecule has 0 unspecified atom stereocenters. The van der Waals surface area contributed by atoms with E-state index in [0.29, 0.717) is 22.6 Å². The van der Waals surface area contributed by atoms with Crippen molar-refractivity contribution < 1.29 is 19.6 Å². The van der Waals surface area contributed by atoms with Crippen LogP contribution in [0.15, 0.2) is 42.5 Å². The van der Waals surface area contributed by atoms with Crippen LogP contribution >= 0.6 is 0 Å². The highest BCUT2D eigenvalue weighted by Gasteiger charge is 2.10. The van der Waals surface area contributed by atoms with Crippen molar-refractivity contribution in [3.05, 3.63) is 52.6 Å². The lowest BCUT2D eigenvalue weighted by Gasteiger charge is -2.03. The van der Waals surface area contributed by atoms with Gasteiger partial charge in [-0.05, 0) is 30.3 Å². The summed E-state index contributed by atoms with van der Waals surface area (Å²) in [7, 11) is 0. The Morgan fingerprint density at radius 1 is 1.26 bits per heavy atom. The zero-order valence-electron chi connectivity index (χ0n) is 11.7. The van der Waals surface area contributed by atoms with Crippen molar-refractivity contribution in [3.63, 3.8) is 0 Å². The molecule has 116 valence electrons. The number of nitro groups is 1. The fraction of sp³-hybridized carbons (Fsp3) is 0.0667. The molecule has 0 radical (unpaired) electrons. The van der Waals surface area contributed by atoms with Gasteiger partial charge in [-0.1, -0.05) is 0 Å². The second-order valence-corrected chi connectivity index (χ2v) is 4.75. The van der Waals surface area contributed by atoms with Crippen LogP contribution in [0.2, 0.25) is 0 Å². The summed E-state index contributed by atoms with van der Waals surface area (Å²) in [6.07, 6.45) is 0. The summed E-state index contributed by atoms with van der Waals surface area (Å²) in [6, 6.07) is 11.1. The largest absolute Gasteiger partial charge is 0.482 e. The van der Waals surface area contributed by atoms with E-state index in [1.54, 1.807) is 30.3 Å². The van der Waals surface area contributed by atoms with Crippen molar-refractivity contribution in [1.82, 2.24) is 9.97 Å². The van der Waals surface area contributed by atoms with Crippen molar-refractivity contribution in [2.24, 2.45) is 0 Å². The van der Waals surface area contributed by atoms with Crippen molar-refractivity contribution in [1.29, 1.82) is 0 Å². The average Bonchev–Trinajstić information content (AvgIpc) is 2.96. The van der Waals surface area contributed by atoms with E-state index in [2.05, 4.69) is 9.97 Å². The monoisotopic (exact) mass is 313 g/mol. The van der Waals surface area contributed by atoms with Crippen molar-refractivity contribution >= 4 is 22.7 Å². The first-order valence-electron chi connectivity index (χ1n) is 6.62. The zero-order valence-corrected chi connectivity index (χ0v) is 11.7. The molecule has 0 saturated carbocycles. The summed E-state index contributed by atoms with van der Waals surface area (Å²) >= 11 is 0. The van der Waals surface area contributed by atoms with E-state index in [1.807, 2.05) is 0 Å². The number of aromatic nitrogens is 2. The summed E-state index contributed by atoms with van der Waals surface area (Å²) in [5.74, 6) is -0.0545. The van der Waals surface area contributed by atoms with Gasteiger partial charge in [-0.25, -0.2) is 9.78 Å². The van der Waals surface area contributed by atoms with Gasteiger partial charge in [0.1, 0.15) is 11.6 Å². The zero-order chi connectivity index (χ0) is 16.4. The number of nitrogens with one attached hydrogen (secondary N) is 1. The molecule has 2 N–H and O–H groups in total. The molecule has 0 saturated heterocycles. The number of aliphatic carboxylic acids is 1. The minimum Gasteiger partial charge on any atom is -0.482 e. The van der Waals surface area contributed by atoms with Gasteiger partial charge in [-0.15, -0.1) is 0 Å². The van der Waals surface area contributed by atoms with Gasteiger partial charge < -0.3 is 14.8 Å². The second-order valence-electron chi connectivity index (χ2n) is 4.75. The number of imidazole rings is 1. The first-order chi connectivity index (χ1) is 11.0. The summed E-state index contributed by atoms with van der Waals surface area (Å²) in [5, 5.41) is 19.3. The van der Waals surface area contributed by atoms with E-state index < -0.39 is 17.5 Å². The number of H-pyrrole nitrogens is 1. The fourth-order valence-corrected chi connectivity index (χ4v) is 2.10. The van der Waals surface area contributed by atoms with Gasteiger partial charge in [0.05, 0.1) is 16.0 Å². The molecule has 0 aliphatic carbocycles. The van der Waals surface area contributed by atoms with Gasteiger partial charge in [-0.3, -0.25) is 10.1 Å². The van der Waals surface area contributed by atoms with Gasteiger partial charge in [0.15, 0.2) is 6.61 Å². The maximum Gasteiger partial charge on any atom is 0.341 e. The molecule has 8 nitrogen and oxygen atoms in total. The van der Waals surface area contributed by atoms with E-state index in [0.717, 1.165) is 5.56 Å². The number of fused-ring (bicyclic) bond motifs is 1. The van der Waals surface area contributed by atoms with Crippen LogP contribution in [0, 0.1) is 10.1 Å². The number of aromatic amines is 1. The molecule has 3 rings (SSSR count). The quantitative estimate of drug-likeness (QED) is 0.552. The van der Waals surface area contributed by atoms with Crippen LogP contribution in [-0.2, 0) is 4.79 Å². The summed E-state index contributed by atoms with van der Waals surface area (Å²) < 4.78 is 5.05. The minimum absolute atomic E-state index is 0.00915. The van der Waals surface area contributed by atoms with Crippen molar-refractivity contribution in [2.75, 3.05) is 6.61 Å². The SMILES string of the molecule is O=C(O)COc1ccc(-c2nc3ccc([N+](=O)[O-])cc3[nH]2)cc1. The van der Waals surface area contributed by atoms with Gasteiger partial charge in [-0.2, -0.15) is 0 Å². The van der Waals surface area contributed by atoms with Gasteiger partial charge in [0.2, 0.25) is 0 Å².